The van der Waals surface area contributed by atoms with E-state index >= 15 is 0 Å². The third-order valence-corrected chi connectivity index (χ3v) is 8.23. The van der Waals surface area contributed by atoms with E-state index in [0.717, 1.165) is 0 Å². The number of hydrogen-bond donors (Lipinski definition) is 0. The summed E-state index contributed by atoms with van der Waals surface area (Å²) in [6, 6.07) is 6.56. The van der Waals surface area contributed by atoms with Crippen LogP contribution in [0, 0.1) is 13.8 Å². The van der Waals surface area contributed by atoms with Crippen LogP contribution in [-0.4, -0.2) is 17.4 Å². The molecule has 0 heterocycles. The van der Waals surface area contributed by atoms with E-state index < -0.39 is 17.4 Å². The molecule has 0 N–H and O–H groups in total. The maximum absolute atomic E-state index is 6.20. The second-order valence-corrected chi connectivity index (χ2v) is 11.0. The van der Waals surface area contributed by atoms with Gasteiger partial charge in [0, 0.05) is 0 Å². The fourth-order valence-electron chi connectivity index (χ4n) is 1.97. The Hall–Kier alpha value is -0.386. The van der Waals surface area contributed by atoms with Crippen molar-refractivity contribution in [3.8, 4) is 0 Å². The Morgan fingerprint density at radius 2 is 1.73 bits per heavy atom. The zero-order valence-corrected chi connectivity index (χ0v) is 12.6. The minimum absolute atomic E-state index is 0.606. The smallest absolute Gasteiger partial charge is 0.206 e. The van der Waals surface area contributed by atoms with Crippen molar-refractivity contribution in [2.24, 2.45) is 0 Å². The molecule has 0 unspecified atom stereocenters. The molecule has 0 aliphatic heterocycles. The van der Waals surface area contributed by atoms with Gasteiger partial charge in [0.2, 0.25) is 8.32 Å². The Bertz CT molecular complexity index is 345. The van der Waals surface area contributed by atoms with Gasteiger partial charge in [-0.3, -0.25) is 0 Å². The lowest BCUT2D eigenvalue weighted by Crippen LogP contribution is -2.48. The van der Waals surface area contributed by atoms with Gasteiger partial charge in [0.1, 0.15) is 0 Å². The first kappa shape index (κ1) is 12.7. The van der Waals surface area contributed by atoms with Crippen LogP contribution in [0.25, 0.3) is 0 Å². The predicted molar refractivity (Wildman–Crippen MR) is 71.6 cm³/mol. The van der Waals surface area contributed by atoms with Crippen LogP contribution in [0.15, 0.2) is 18.2 Å². The van der Waals surface area contributed by atoms with E-state index in [1.807, 2.05) is 0 Å². The summed E-state index contributed by atoms with van der Waals surface area (Å²) in [5.74, 6) is 0. The van der Waals surface area contributed by atoms with Crippen LogP contribution in [0.3, 0.4) is 0 Å². The van der Waals surface area contributed by atoms with Gasteiger partial charge in [0.15, 0.2) is 9.04 Å². The summed E-state index contributed by atoms with van der Waals surface area (Å²) < 4.78 is 6.20. The van der Waals surface area contributed by atoms with E-state index in [4.69, 9.17) is 4.12 Å². The number of hydrogen-bond acceptors (Lipinski definition) is 1. The van der Waals surface area contributed by atoms with E-state index in [-0.39, 0.29) is 0 Å². The average molecular weight is 237 g/mol. The fraction of sp³-hybridized carbons (Fsp3) is 0.500. The minimum atomic E-state index is -1.67. The molecule has 83 valence electrons. The molecule has 1 aromatic carbocycles. The summed E-state index contributed by atoms with van der Waals surface area (Å²) in [6.45, 7) is 13.4. The summed E-state index contributed by atoms with van der Waals surface area (Å²) in [7, 11) is -2.28. The molecular formula is C12H21OSi2. The van der Waals surface area contributed by atoms with Gasteiger partial charge in [-0.15, -0.1) is 0 Å². The standard InChI is InChI=1S/C12H21OSi2/c1-10-8-7-9-12(11(10)2)15(5,6)13-14(3)4/h7-9H,1-6H3. The summed E-state index contributed by atoms with van der Waals surface area (Å²) in [5.41, 5.74) is 2.79. The Morgan fingerprint density at radius 3 is 2.27 bits per heavy atom. The van der Waals surface area contributed by atoms with Crippen LogP contribution >= 0.6 is 0 Å². The second-order valence-electron chi connectivity index (χ2n) is 4.77. The second kappa shape index (κ2) is 4.64. The van der Waals surface area contributed by atoms with Crippen molar-refractivity contribution in [2.45, 2.75) is 40.0 Å². The topological polar surface area (TPSA) is 9.23 Å². The molecule has 0 fully saturated rings. The molecule has 15 heavy (non-hydrogen) atoms. The number of aryl methyl sites for hydroxylation is 1. The molecule has 1 rings (SSSR count). The molecule has 0 saturated carbocycles. The van der Waals surface area contributed by atoms with E-state index in [0.29, 0.717) is 0 Å². The summed E-state index contributed by atoms with van der Waals surface area (Å²) in [5, 5.41) is 1.45. The van der Waals surface area contributed by atoms with Gasteiger partial charge in [0.05, 0.1) is 0 Å². The molecule has 0 amide bonds. The molecule has 0 bridgehead atoms. The first-order chi connectivity index (χ1) is 6.84. The lowest BCUT2D eigenvalue weighted by Gasteiger charge is -2.28. The van der Waals surface area contributed by atoms with E-state index in [1.54, 1.807) is 0 Å². The quantitative estimate of drug-likeness (QED) is 0.735. The monoisotopic (exact) mass is 237 g/mol. The fourth-order valence-corrected chi connectivity index (χ4v) is 8.09. The molecule has 1 aromatic rings. The highest BCUT2D eigenvalue weighted by Gasteiger charge is 2.28. The maximum atomic E-state index is 6.20. The van der Waals surface area contributed by atoms with Crippen molar-refractivity contribution in [1.82, 2.24) is 0 Å². The normalized spacial score (nSPS) is 12.2. The molecule has 3 heteroatoms. The van der Waals surface area contributed by atoms with Gasteiger partial charge in [-0.25, -0.2) is 0 Å². The van der Waals surface area contributed by atoms with Crippen LogP contribution in [-0.2, 0) is 4.12 Å². The summed E-state index contributed by atoms with van der Waals surface area (Å²) in [4.78, 5) is 0. The van der Waals surface area contributed by atoms with Crippen molar-refractivity contribution in [3.63, 3.8) is 0 Å². The molecule has 0 aliphatic rings. The zero-order valence-electron chi connectivity index (χ0n) is 10.6. The van der Waals surface area contributed by atoms with Crippen molar-refractivity contribution in [3.05, 3.63) is 29.3 Å². The largest absolute Gasteiger partial charge is 0.452 e. The van der Waals surface area contributed by atoms with Crippen LogP contribution in [0.2, 0.25) is 26.2 Å². The first-order valence-electron chi connectivity index (χ1n) is 5.40. The molecule has 0 atom stereocenters. The van der Waals surface area contributed by atoms with E-state index in [9.17, 15) is 0 Å². The van der Waals surface area contributed by atoms with Gasteiger partial charge in [-0.2, -0.15) is 0 Å². The van der Waals surface area contributed by atoms with Crippen LogP contribution in [0.4, 0.5) is 0 Å². The van der Waals surface area contributed by atoms with Crippen LogP contribution in [0.5, 0.6) is 0 Å². The highest BCUT2D eigenvalue weighted by atomic mass is 28.4. The molecule has 0 aliphatic carbocycles. The Kier molecular flexibility index (Phi) is 3.92. The van der Waals surface area contributed by atoms with Crippen molar-refractivity contribution in [2.75, 3.05) is 0 Å². The molecule has 0 aromatic heterocycles. The van der Waals surface area contributed by atoms with Crippen LogP contribution in [0.1, 0.15) is 11.1 Å². The Balaban J connectivity index is 3.09. The average Bonchev–Trinajstić information content (AvgIpc) is 2.07. The highest BCUT2D eigenvalue weighted by Crippen LogP contribution is 2.12. The van der Waals surface area contributed by atoms with E-state index in [1.165, 1.54) is 16.3 Å². The molecule has 1 nitrogen and oxygen atoms in total. The van der Waals surface area contributed by atoms with Gasteiger partial charge < -0.3 is 4.12 Å². The summed E-state index contributed by atoms with van der Waals surface area (Å²) in [6.07, 6.45) is 0. The zero-order chi connectivity index (χ0) is 11.6. The SMILES string of the molecule is Cc1cccc([Si](C)(C)O[Si](C)C)c1C. The van der Waals surface area contributed by atoms with Gasteiger partial charge in [-0.05, 0) is 56.3 Å². The first-order valence-corrected chi connectivity index (χ1v) is 10.7. The molecule has 0 saturated heterocycles. The number of rotatable bonds is 3. The van der Waals surface area contributed by atoms with Gasteiger partial charge >= 0.3 is 0 Å². The van der Waals surface area contributed by atoms with Gasteiger partial charge in [-0.1, -0.05) is 18.2 Å². The third-order valence-electron chi connectivity index (χ3n) is 2.71. The van der Waals surface area contributed by atoms with Crippen molar-refractivity contribution in [1.29, 1.82) is 0 Å². The maximum Gasteiger partial charge on any atom is 0.206 e. The lowest BCUT2D eigenvalue weighted by atomic mass is 10.1. The summed E-state index contributed by atoms with van der Waals surface area (Å²) >= 11 is 0. The predicted octanol–water partition coefficient (Wildman–Crippen LogP) is 2.98. The lowest BCUT2D eigenvalue weighted by molar-refractivity contribution is 0.590. The third kappa shape index (κ3) is 3.03. The van der Waals surface area contributed by atoms with Crippen LogP contribution < -0.4 is 5.19 Å². The molecule has 0 spiro atoms. The van der Waals surface area contributed by atoms with Crippen molar-refractivity contribution >= 4 is 22.5 Å². The van der Waals surface area contributed by atoms with Gasteiger partial charge in [0.25, 0.3) is 0 Å². The molecule has 1 radical (unpaired) electrons. The molecular weight excluding hydrogens is 216 g/mol. The van der Waals surface area contributed by atoms with Crippen molar-refractivity contribution < 1.29 is 4.12 Å². The highest BCUT2D eigenvalue weighted by molar-refractivity contribution is 6.88. The minimum Gasteiger partial charge on any atom is -0.452 e. The number of benzene rings is 1. The Morgan fingerprint density at radius 1 is 1.13 bits per heavy atom. The Labute approximate surface area is 96.3 Å². The van der Waals surface area contributed by atoms with E-state index in [2.05, 4.69) is 58.2 Å².